The maximum atomic E-state index is 12.6. The Hall–Kier alpha value is -1.84. The van der Waals surface area contributed by atoms with Gasteiger partial charge in [-0.15, -0.1) is 6.58 Å². The van der Waals surface area contributed by atoms with Gasteiger partial charge in [0.25, 0.3) is 0 Å². The molecule has 4 heteroatoms. The van der Waals surface area contributed by atoms with E-state index < -0.39 is 6.09 Å². The predicted octanol–water partition coefficient (Wildman–Crippen LogP) is 2.41. The standard InChI is InChI=1S/C11H12FNO2/c1-3-10(13-11(14)15-2)8-4-6-9(12)7-5-8/h3-7,10H,1H2,2H3,(H,13,14). The second-order valence-electron chi connectivity index (χ2n) is 2.90. The van der Waals surface area contributed by atoms with Gasteiger partial charge in [0.15, 0.2) is 0 Å². The van der Waals surface area contributed by atoms with Crippen LogP contribution >= 0.6 is 0 Å². The molecule has 0 fully saturated rings. The molecule has 1 aromatic rings. The van der Waals surface area contributed by atoms with Gasteiger partial charge < -0.3 is 10.1 Å². The molecular weight excluding hydrogens is 197 g/mol. The SMILES string of the molecule is C=CC(NC(=O)OC)c1ccc(F)cc1. The average Bonchev–Trinajstić information content (AvgIpc) is 2.27. The zero-order valence-electron chi connectivity index (χ0n) is 8.37. The summed E-state index contributed by atoms with van der Waals surface area (Å²) in [6.07, 6.45) is 0.994. The van der Waals surface area contributed by atoms with Crippen LogP contribution < -0.4 is 5.32 Å². The minimum atomic E-state index is -0.552. The van der Waals surface area contributed by atoms with Crippen molar-refractivity contribution in [2.75, 3.05) is 7.11 Å². The molecule has 0 bridgehead atoms. The number of carbonyl (C=O) groups is 1. The second kappa shape index (κ2) is 5.14. The highest BCUT2D eigenvalue weighted by Crippen LogP contribution is 2.14. The number of nitrogens with one attached hydrogen (secondary N) is 1. The van der Waals surface area contributed by atoms with Crippen LogP contribution in [0.2, 0.25) is 0 Å². The molecule has 0 saturated carbocycles. The number of hydrogen-bond donors (Lipinski definition) is 1. The third kappa shape index (κ3) is 3.09. The Morgan fingerprint density at radius 1 is 1.53 bits per heavy atom. The Kier molecular flexibility index (Phi) is 3.85. The van der Waals surface area contributed by atoms with Gasteiger partial charge in [0.1, 0.15) is 5.82 Å². The van der Waals surface area contributed by atoms with Gasteiger partial charge in [-0.3, -0.25) is 0 Å². The summed E-state index contributed by atoms with van der Waals surface area (Å²) < 4.78 is 17.1. The maximum absolute atomic E-state index is 12.6. The van der Waals surface area contributed by atoms with Crippen molar-refractivity contribution in [2.45, 2.75) is 6.04 Å². The molecule has 1 aromatic carbocycles. The summed E-state index contributed by atoms with van der Waals surface area (Å²) in [7, 11) is 1.28. The first kappa shape index (κ1) is 11.2. The van der Waals surface area contributed by atoms with Gasteiger partial charge >= 0.3 is 6.09 Å². The molecule has 0 aliphatic rings. The van der Waals surface area contributed by atoms with Crippen molar-refractivity contribution in [2.24, 2.45) is 0 Å². The topological polar surface area (TPSA) is 38.3 Å². The molecule has 0 aliphatic heterocycles. The number of amides is 1. The third-order valence-electron chi connectivity index (χ3n) is 1.92. The Morgan fingerprint density at radius 3 is 2.60 bits per heavy atom. The smallest absolute Gasteiger partial charge is 0.407 e. The van der Waals surface area contributed by atoms with E-state index >= 15 is 0 Å². The summed E-state index contributed by atoms with van der Waals surface area (Å²) in [5, 5.41) is 2.55. The summed E-state index contributed by atoms with van der Waals surface area (Å²) in [6.45, 7) is 3.58. The number of rotatable bonds is 3. The number of alkyl carbamates (subject to hydrolysis) is 1. The summed E-state index contributed by atoms with van der Waals surface area (Å²) in [5.41, 5.74) is 0.747. The lowest BCUT2D eigenvalue weighted by Crippen LogP contribution is -2.26. The van der Waals surface area contributed by atoms with E-state index in [0.29, 0.717) is 0 Å². The van der Waals surface area contributed by atoms with Crippen molar-refractivity contribution in [3.8, 4) is 0 Å². The molecule has 1 amide bonds. The van der Waals surface area contributed by atoms with Gasteiger partial charge in [-0.05, 0) is 17.7 Å². The first-order chi connectivity index (χ1) is 7.17. The molecule has 0 aliphatic carbocycles. The summed E-state index contributed by atoms with van der Waals surface area (Å²) in [5.74, 6) is -0.320. The van der Waals surface area contributed by atoms with Gasteiger partial charge in [0.2, 0.25) is 0 Å². The first-order valence-electron chi connectivity index (χ1n) is 4.40. The van der Waals surface area contributed by atoms with E-state index in [1.54, 1.807) is 18.2 Å². The fraction of sp³-hybridized carbons (Fsp3) is 0.182. The van der Waals surface area contributed by atoms with Gasteiger partial charge in [0, 0.05) is 0 Å². The van der Waals surface area contributed by atoms with E-state index in [1.807, 2.05) is 0 Å². The van der Waals surface area contributed by atoms with Gasteiger partial charge in [0.05, 0.1) is 13.2 Å². The second-order valence-corrected chi connectivity index (χ2v) is 2.90. The third-order valence-corrected chi connectivity index (χ3v) is 1.92. The minimum absolute atomic E-state index is 0.320. The molecule has 0 radical (unpaired) electrons. The largest absolute Gasteiger partial charge is 0.453 e. The zero-order chi connectivity index (χ0) is 11.3. The van der Waals surface area contributed by atoms with Crippen molar-refractivity contribution in [3.05, 3.63) is 48.3 Å². The van der Waals surface area contributed by atoms with Crippen LogP contribution in [-0.4, -0.2) is 13.2 Å². The predicted molar refractivity (Wildman–Crippen MR) is 54.9 cm³/mol. The number of methoxy groups -OCH3 is 1. The van der Waals surface area contributed by atoms with Crippen LogP contribution in [0.15, 0.2) is 36.9 Å². The Morgan fingerprint density at radius 2 is 2.13 bits per heavy atom. The first-order valence-corrected chi connectivity index (χ1v) is 4.40. The Labute approximate surface area is 87.6 Å². The van der Waals surface area contributed by atoms with Crippen LogP contribution in [0.5, 0.6) is 0 Å². The van der Waals surface area contributed by atoms with Crippen molar-refractivity contribution >= 4 is 6.09 Å². The molecule has 1 atom stereocenters. The molecule has 3 nitrogen and oxygen atoms in total. The molecule has 15 heavy (non-hydrogen) atoms. The van der Waals surface area contributed by atoms with Gasteiger partial charge in [-0.25, -0.2) is 9.18 Å². The number of hydrogen-bond acceptors (Lipinski definition) is 2. The average molecular weight is 209 g/mol. The van der Waals surface area contributed by atoms with Crippen molar-refractivity contribution in [1.29, 1.82) is 0 Å². The molecular formula is C11H12FNO2. The summed E-state index contributed by atoms with van der Waals surface area (Å²) in [6, 6.07) is 5.43. The maximum Gasteiger partial charge on any atom is 0.407 e. The Bertz CT molecular complexity index is 348. The number of ether oxygens (including phenoxy) is 1. The molecule has 80 valence electrons. The van der Waals surface area contributed by atoms with Crippen molar-refractivity contribution in [3.63, 3.8) is 0 Å². The van der Waals surface area contributed by atoms with Crippen LogP contribution in [-0.2, 0) is 4.74 Å². The zero-order valence-corrected chi connectivity index (χ0v) is 8.37. The highest BCUT2D eigenvalue weighted by molar-refractivity contribution is 5.68. The monoisotopic (exact) mass is 209 g/mol. The van der Waals surface area contributed by atoms with Crippen molar-refractivity contribution < 1.29 is 13.9 Å². The van der Waals surface area contributed by atoms with Crippen LogP contribution in [0.25, 0.3) is 0 Å². The fourth-order valence-electron chi connectivity index (χ4n) is 1.13. The van der Waals surface area contributed by atoms with Gasteiger partial charge in [-0.2, -0.15) is 0 Å². The lowest BCUT2D eigenvalue weighted by atomic mass is 10.1. The molecule has 0 heterocycles. The van der Waals surface area contributed by atoms with E-state index in [-0.39, 0.29) is 11.9 Å². The normalized spacial score (nSPS) is 11.6. The number of halogens is 1. The number of benzene rings is 1. The number of carbonyl (C=O) groups excluding carboxylic acids is 1. The highest BCUT2D eigenvalue weighted by atomic mass is 19.1. The lowest BCUT2D eigenvalue weighted by molar-refractivity contribution is 0.168. The summed E-state index contributed by atoms with van der Waals surface area (Å²) in [4.78, 5) is 11.0. The van der Waals surface area contributed by atoms with E-state index in [2.05, 4.69) is 16.6 Å². The molecule has 1 N–H and O–H groups in total. The van der Waals surface area contributed by atoms with Crippen molar-refractivity contribution in [1.82, 2.24) is 5.32 Å². The summed E-state index contributed by atoms with van der Waals surface area (Å²) >= 11 is 0. The fourth-order valence-corrected chi connectivity index (χ4v) is 1.13. The van der Waals surface area contributed by atoms with E-state index in [1.165, 1.54) is 19.2 Å². The molecule has 0 aromatic heterocycles. The van der Waals surface area contributed by atoms with Crippen LogP contribution in [0.4, 0.5) is 9.18 Å². The van der Waals surface area contributed by atoms with Crippen LogP contribution in [0.3, 0.4) is 0 Å². The van der Waals surface area contributed by atoms with E-state index in [9.17, 15) is 9.18 Å². The van der Waals surface area contributed by atoms with Crippen LogP contribution in [0, 0.1) is 5.82 Å². The quantitative estimate of drug-likeness (QED) is 0.776. The Balaban J connectivity index is 2.78. The van der Waals surface area contributed by atoms with Gasteiger partial charge in [-0.1, -0.05) is 18.2 Å². The minimum Gasteiger partial charge on any atom is -0.453 e. The van der Waals surface area contributed by atoms with E-state index in [0.717, 1.165) is 5.56 Å². The molecule has 1 rings (SSSR count). The lowest BCUT2D eigenvalue weighted by Gasteiger charge is -2.13. The van der Waals surface area contributed by atoms with Crippen LogP contribution in [0.1, 0.15) is 11.6 Å². The van der Waals surface area contributed by atoms with E-state index in [4.69, 9.17) is 0 Å². The molecule has 0 saturated heterocycles. The highest BCUT2D eigenvalue weighted by Gasteiger charge is 2.10. The molecule has 0 spiro atoms. The molecule has 1 unspecified atom stereocenters.